The number of ether oxygens (including phenoxy) is 1. The van der Waals surface area contributed by atoms with E-state index in [-0.39, 0.29) is 11.6 Å². The van der Waals surface area contributed by atoms with Gasteiger partial charge in [0.25, 0.3) is 5.56 Å². The maximum atomic E-state index is 13.5. The first-order valence-corrected chi connectivity index (χ1v) is 12.5. The fourth-order valence-corrected chi connectivity index (χ4v) is 5.07. The Hall–Kier alpha value is -4.84. The molecule has 1 aliphatic rings. The van der Waals surface area contributed by atoms with Crippen LogP contribution in [0.1, 0.15) is 29.5 Å². The number of pyridine rings is 2. The van der Waals surface area contributed by atoms with Gasteiger partial charge in [0, 0.05) is 17.3 Å². The summed E-state index contributed by atoms with van der Waals surface area (Å²) < 4.78 is 7.93. The van der Waals surface area contributed by atoms with Gasteiger partial charge in [-0.1, -0.05) is 23.2 Å². The summed E-state index contributed by atoms with van der Waals surface area (Å²) in [5, 5.41) is 14.4. The normalized spacial score (nSPS) is 14.3. The third-order valence-corrected chi connectivity index (χ3v) is 6.90. The summed E-state index contributed by atoms with van der Waals surface area (Å²) in [6.45, 7) is 2.00. The zero-order chi connectivity index (χ0) is 27.1. The first-order valence-electron chi connectivity index (χ1n) is 12.1. The zero-order valence-corrected chi connectivity index (χ0v) is 21.7. The maximum absolute atomic E-state index is 13.5. The fourth-order valence-electron chi connectivity index (χ4n) is 4.84. The van der Waals surface area contributed by atoms with Gasteiger partial charge in [-0.05, 0) is 66.1 Å². The van der Waals surface area contributed by atoms with Crippen LogP contribution in [0, 0.1) is 6.92 Å². The second-order valence-corrected chi connectivity index (χ2v) is 9.48. The van der Waals surface area contributed by atoms with Crippen molar-refractivity contribution in [2.24, 2.45) is 0 Å². The fraction of sp³-hybridized carbons (Fsp3) is 0.192. The Bertz CT molecular complexity index is 1740. The Kier molecular flexibility index (Phi) is 6.15. The number of aromatic amines is 1. The van der Waals surface area contributed by atoms with Crippen LogP contribution in [0.4, 0.5) is 10.5 Å². The molecular weight excluding hydrogens is 522 g/mol. The molecule has 1 aliphatic heterocycles. The number of methoxy groups -OCH3 is 1. The summed E-state index contributed by atoms with van der Waals surface area (Å²) in [6, 6.07) is 12.7. The number of fused-ring (bicyclic) bond motifs is 1. The molecule has 6 rings (SSSR count). The van der Waals surface area contributed by atoms with Crippen molar-refractivity contribution in [2.45, 2.75) is 25.8 Å². The number of aryl methyl sites for hydroxylation is 2. The zero-order valence-electron chi connectivity index (χ0n) is 20.9. The number of H-pyrrole nitrogens is 1. The number of imidazole rings is 1. The predicted octanol–water partition coefficient (Wildman–Crippen LogP) is 3.95. The van der Waals surface area contributed by atoms with Crippen molar-refractivity contribution in [3.8, 4) is 28.2 Å². The summed E-state index contributed by atoms with van der Waals surface area (Å²) in [4.78, 5) is 37.1. The average Bonchev–Trinajstić information content (AvgIpc) is 3.69. The molecule has 5 heterocycles. The molecule has 0 saturated carbocycles. The summed E-state index contributed by atoms with van der Waals surface area (Å²) in [6.07, 6.45) is 3.81. The van der Waals surface area contributed by atoms with Crippen LogP contribution in [0.3, 0.4) is 0 Å². The molecule has 0 radical (unpaired) electrons. The number of rotatable bonds is 5. The van der Waals surface area contributed by atoms with Crippen LogP contribution in [0.15, 0.2) is 59.8 Å². The van der Waals surface area contributed by atoms with Gasteiger partial charge >= 0.3 is 6.09 Å². The molecular formula is C26H22ClN9O3. The van der Waals surface area contributed by atoms with Gasteiger partial charge < -0.3 is 14.3 Å². The first kappa shape index (κ1) is 24.5. The number of aromatic nitrogens is 8. The molecule has 2 N–H and O–H groups in total. The summed E-state index contributed by atoms with van der Waals surface area (Å²) >= 11 is 6.50. The van der Waals surface area contributed by atoms with E-state index < -0.39 is 6.09 Å². The number of hydrogen-bond donors (Lipinski definition) is 2. The van der Waals surface area contributed by atoms with E-state index in [9.17, 15) is 9.59 Å². The van der Waals surface area contributed by atoms with Crippen LogP contribution >= 0.6 is 11.6 Å². The Balaban J connectivity index is 1.33. The van der Waals surface area contributed by atoms with E-state index >= 15 is 0 Å². The van der Waals surface area contributed by atoms with E-state index in [0.29, 0.717) is 40.9 Å². The lowest BCUT2D eigenvalue weighted by Gasteiger charge is -2.15. The molecule has 0 spiro atoms. The molecule has 13 heteroatoms. The lowest BCUT2D eigenvalue weighted by atomic mass is 10.0. The van der Waals surface area contributed by atoms with E-state index in [4.69, 9.17) is 16.6 Å². The number of nitrogens with zero attached hydrogens (tertiary/aromatic N) is 7. The molecule has 4 aromatic heterocycles. The number of carbonyl (C=O) groups is 1. The third-order valence-electron chi connectivity index (χ3n) is 6.62. The Labute approximate surface area is 226 Å². The minimum atomic E-state index is -0.591. The smallest absolute Gasteiger partial charge is 0.411 e. The average molecular weight is 544 g/mol. The SMILES string of the molecule is COC(=O)Nc1ccc(-c2nc([C@@H]3CCc4cc(-c5cc(C)ccc5-n5cnnn5)cc(=O)n43)[nH]c2Cl)nc1. The van der Waals surface area contributed by atoms with Gasteiger partial charge in [0.2, 0.25) is 0 Å². The van der Waals surface area contributed by atoms with Crippen LogP contribution in [0.2, 0.25) is 5.15 Å². The van der Waals surface area contributed by atoms with Crippen molar-refractivity contribution in [1.29, 1.82) is 0 Å². The van der Waals surface area contributed by atoms with Crippen molar-refractivity contribution in [3.63, 3.8) is 0 Å². The highest BCUT2D eigenvalue weighted by Crippen LogP contribution is 2.35. The Morgan fingerprint density at radius 3 is 2.82 bits per heavy atom. The molecule has 0 fully saturated rings. The number of halogens is 1. The van der Waals surface area contributed by atoms with E-state index in [1.54, 1.807) is 27.4 Å². The molecule has 5 aromatic rings. The van der Waals surface area contributed by atoms with Gasteiger partial charge in [0.05, 0.1) is 36.4 Å². The molecule has 39 heavy (non-hydrogen) atoms. The van der Waals surface area contributed by atoms with Crippen LogP contribution in [-0.4, -0.2) is 52.9 Å². The number of carbonyl (C=O) groups excluding carboxylic acids is 1. The van der Waals surface area contributed by atoms with E-state index in [0.717, 1.165) is 28.1 Å². The Morgan fingerprint density at radius 1 is 1.21 bits per heavy atom. The minimum absolute atomic E-state index is 0.139. The highest BCUT2D eigenvalue weighted by atomic mass is 35.5. The minimum Gasteiger partial charge on any atom is -0.453 e. The van der Waals surface area contributed by atoms with E-state index in [1.165, 1.54) is 19.6 Å². The molecule has 12 nitrogen and oxygen atoms in total. The maximum Gasteiger partial charge on any atom is 0.411 e. The third kappa shape index (κ3) is 4.55. The lowest BCUT2D eigenvalue weighted by molar-refractivity contribution is 0.187. The Morgan fingerprint density at radius 2 is 2.08 bits per heavy atom. The summed E-state index contributed by atoms with van der Waals surface area (Å²) in [7, 11) is 1.28. The van der Waals surface area contributed by atoms with Gasteiger partial charge in [0.15, 0.2) is 0 Å². The van der Waals surface area contributed by atoms with Gasteiger partial charge in [-0.25, -0.2) is 9.78 Å². The van der Waals surface area contributed by atoms with Crippen molar-refractivity contribution >= 4 is 23.4 Å². The topological polar surface area (TPSA) is 146 Å². The van der Waals surface area contributed by atoms with Crippen molar-refractivity contribution in [1.82, 2.24) is 39.7 Å². The monoisotopic (exact) mass is 543 g/mol. The lowest BCUT2D eigenvalue weighted by Crippen LogP contribution is -2.24. The molecule has 0 saturated heterocycles. The van der Waals surface area contributed by atoms with Crippen LogP contribution in [-0.2, 0) is 11.2 Å². The largest absolute Gasteiger partial charge is 0.453 e. The standard InChI is InChI=1S/C26H22ClN9O3/c1-14-3-7-20(35-13-29-33-34-35)18(9-14)15-10-17-5-8-21(36(17)22(37)11-15)25-31-23(24(27)32-25)19-6-4-16(12-28-19)30-26(38)39-2/h3-4,6-7,9-13,21H,5,8H2,1-2H3,(H,30,38)(H,31,32)/t21-/m0/s1. The van der Waals surface area contributed by atoms with Crippen LogP contribution < -0.4 is 10.9 Å². The predicted molar refractivity (Wildman–Crippen MR) is 143 cm³/mol. The van der Waals surface area contributed by atoms with Crippen molar-refractivity contribution in [2.75, 3.05) is 12.4 Å². The molecule has 0 aliphatic carbocycles. The van der Waals surface area contributed by atoms with Gasteiger partial charge in [0.1, 0.15) is 23.0 Å². The summed E-state index contributed by atoms with van der Waals surface area (Å²) in [5.74, 6) is 0.576. The van der Waals surface area contributed by atoms with E-state index in [1.807, 2.05) is 31.2 Å². The molecule has 0 unspecified atom stereocenters. The van der Waals surface area contributed by atoms with Gasteiger partial charge in [-0.3, -0.25) is 15.1 Å². The highest BCUT2D eigenvalue weighted by molar-refractivity contribution is 6.31. The quantitative estimate of drug-likeness (QED) is 0.339. The second-order valence-electron chi connectivity index (χ2n) is 9.11. The molecule has 196 valence electrons. The van der Waals surface area contributed by atoms with Crippen molar-refractivity contribution in [3.05, 3.63) is 87.6 Å². The molecule has 1 atom stereocenters. The number of nitrogens with one attached hydrogen (secondary N) is 2. The van der Waals surface area contributed by atoms with Crippen molar-refractivity contribution < 1.29 is 9.53 Å². The van der Waals surface area contributed by atoms with Crippen LogP contribution in [0.25, 0.3) is 28.2 Å². The second kappa shape index (κ2) is 9.80. The first-order chi connectivity index (χ1) is 18.9. The van der Waals surface area contributed by atoms with Crippen LogP contribution in [0.5, 0.6) is 0 Å². The van der Waals surface area contributed by atoms with Gasteiger partial charge in [-0.2, -0.15) is 4.68 Å². The number of benzene rings is 1. The molecule has 1 amide bonds. The van der Waals surface area contributed by atoms with E-state index in [2.05, 4.69) is 35.5 Å². The number of tetrazole rings is 1. The molecule has 1 aromatic carbocycles. The summed E-state index contributed by atoms with van der Waals surface area (Å²) in [5.41, 5.74) is 5.72. The highest BCUT2D eigenvalue weighted by Gasteiger charge is 2.29. The number of amides is 1. The van der Waals surface area contributed by atoms with Gasteiger partial charge in [-0.15, -0.1) is 5.10 Å². The number of hydrogen-bond acceptors (Lipinski definition) is 8. The number of anilines is 1. The molecule has 0 bridgehead atoms.